The lowest BCUT2D eigenvalue weighted by molar-refractivity contribution is 0.112. The molecule has 2 aromatic rings. The summed E-state index contributed by atoms with van der Waals surface area (Å²) in [5.41, 5.74) is 1.08. The number of hydrogen-bond acceptors (Lipinski definition) is 5. The molecule has 0 aromatic carbocycles. The van der Waals surface area contributed by atoms with Crippen molar-refractivity contribution in [2.24, 2.45) is 0 Å². The SMILES string of the molecule is COc1ccc(CN(C(=O)O)c2ccc(C=O)cn2)cn1. The van der Waals surface area contributed by atoms with E-state index in [0.29, 0.717) is 23.3 Å². The molecule has 0 fully saturated rings. The van der Waals surface area contributed by atoms with E-state index in [9.17, 15) is 14.7 Å². The lowest BCUT2D eigenvalue weighted by Gasteiger charge is -2.18. The number of carbonyl (C=O) groups is 2. The van der Waals surface area contributed by atoms with Crippen LogP contribution in [0.2, 0.25) is 0 Å². The molecule has 0 unspecified atom stereocenters. The third-order valence-corrected chi connectivity index (χ3v) is 2.76. The molecule has 0 spiro atoms. The number of aromatic nitrogens is 2. The summed E-state index contributed by atoms with van der Waals surface area (Å²) in [6, 6.07) is 6.37. The quantitative estimate of drug-likeness (QED) is 0.845. The van der Waals surface area contributed by atoms with E-state index in [4.69, 9.17) is 4.74 Å². The van der Waals surface area contributed by atoms with Gasteiger partial charge in [-0.3, -0.25) is 9.69 Å². The highest BCUT2D eigenvalue weighted by atomic mass is 16.5. The zero-order valence-corrected chi connectivity index (χ0v) is 11.3. The van der Waals surface area contributed by atoms with E-state index in [2.05, 4.69) is 9.97 Å². The van der Waals surface area contributed by atoms with Crippen molar-refractivity contribution in [2.45, 2.75) is 6.54 Å². The predicted octanol–water partition coefficient (Wildman–Crippen LogP) is 1.98. The van der Waals surface area contributed by atoms with E-state index in [0.717, 1.165) is 4.90 Å². The van der Waals surface area contributed by atoms with Crippen molar-refractivity contribution in [2.75, 3.05) is 12.0 Å². The number of nitrogens with zero attached hydrogens (tertiary/aromatic N) is 3. The fourth-order valence-electron chi connectivity index (χ4n) is 1.68. The van der Waals surface area contributed by atoms with E-state index in [1.807, 2.05) is 0 Å². The normalized spacial score (nSPS) is 9.95. The van der Waals surface area contributed by atoms with Crippen LogP contribution in [0.1, 0.15) is 15.9 Å². The van der Waals surface area contributed by atoms with E-state index in [1.54, 1.807) is 12.1 Å². The topological polar surface area (TPSA) is 92.6 Å². The van der Waals surface area contributed by atoms with Gasteiger partial charge < -0.3 is 9.84 Å². The summed E-state index contributed by atoms with van der Waals surface area (Å²) >= 11 is 0. The zero-order valence-electron chi connectivity index (χ0n) is 11.3. The number of methoxy groups -OCH3 is 1. The fraction of sp³-hybridized carbons (Fsp3) is 0.143. The first kappa shape index (κ1) is 14.4. The first-order valence-electron chi connectivity index (χ1n) is 6.04. The van der Waals surface area contributed by atoms with Gasteiger partial charge in [0.2, 0.25) is 5.88 Å². The molecule has 0 atom stereocenters. The van der Waals surface area contributed by atoms with Crippen LogP contribution >= 0.6 is 0 Å². The van der Waals surface area contributed by atoms with Crippen LogP contribution in [0.15, 0.2) is 36.7 Å². The molecule has 0 bridgehead atoms. The number of carbonyl (C=O) groups excluding carboxylic acids is 1. The van der Waals surface area contributed by atoms with Gasteiger partial charge >= 0.3 is 6.09 Å². The number of anilines is 1. The third kappa shape index (κ3) is 3.53. The van der Waals surface area contributed by atoms with Crippen molar-refractivity contribution in [1.29, 1.82) is 0 Å². The maximum absolute atomic E-state index is 11.4. The summed E-state index contributed by atoms with van der Waals surface area (Å²) in [6.45, 7) is 0.0970. The van der Waals surface area contributed by atoms with Crippen LogP contribution in [0.4, 0.5) is 10.6 Å². The number of rotatable bonds is 5. The molecule has 0 saturated carbocycles. The molecule has 21 heavy (non-hydrogen) atoms. The zero-order chi connectivity index (χ0) is 15.2. The molecule has 1 N–H and O–H groups in total. The van der Waals surface area contributed by atoms with Gasteiger partial charge in [0.15, 0.2) is 6.29 Å². The van der Waals surface area contributed by atoms with Gasteiger partial charge in [0.05, 0.1) is 13.7 Å². The molecule has 7 heteroatoms. The van der Waals surface area contributed by atoms with Crippen LogP contribution in [0.5, 0.6) is 5.88 Å². The Labute approximate surface area is 120 Å². The average molecular weight is 287 g/mol. The molecule has 1 amide bonds. The minimum atomic E-state index is -1.14. The molecule has 0 aliphatic rings. The van der Waals surface area contributed by atoms with Gasteiger partial charge in [0, 0.05) is 24.0 Å². The molecular weight excluding hydrogens is 274 g/mol. The van der Waals surface area contributed by atoms with Gasteiger partial charge in [-0.25, -0.2) is 14.8 Å². The number of aldehydes is 1. The maximum Gasteiger partial charge on any atom is 0.413 e. The van der Waals surface area contributed by atoms with Crippen LogP contribution in [-0.2, 0) is 6.54 Å². The maximum atomic E-state index is 11.4. The number of pyridine rings is 2. The second-order valence-electron chi connectivity index (χ2n) is 4.15. The van der Waals surface area contributed by atoms with Crippen molar-refractivity contribution < 1.29 is 19.4 Å². The van der Waals surface area contributed by atoms with Gasteiger partial charge in [-0.2, -0.15) is 0 Å². The van der Waals surface area contributed by atoms with Gasteiger partial charge in [0.25, 0.3) is 0 Å². The van der Waals surface area contributed by atoms with E-state index < -0.39 is 6.09 Å². The highest BCUT2D eigenvalue weighted by Crippen LogP contribution is 2.16. The van der Waals surface area contributed by atoms with Crippen LogP contribution in [-0.4, -0.2) is 34.6 Å². The fourth-order valence-corrected chi connectivity index (χ4v) is 1.68. The van der Waals surface area contributed by atoms with Gasteiger partial charge in [0.1, 0.15) is 5.82 Å². The summed E-state index contributed by atoms with van der Waals surface area (Å²) in [5.74, 6) is 0.693. The molecule has 0 aliphatic carbocycles. The van der Waals surface area contributed by atoms with Crippen molar-refractivity contribution in [1.82, 2.24) is 9.97 Å². The minimum absolute atomic E-state index is 0.0970. The Kier molecular flexibility index (Phi) is 4.45. The summed E-state index contributed by atoms with van der Waals surface area (Å²) in [6.07, 6.45) is 2.37. The van der Waals surface area contributed by atoms with Crippen LogP contribution < -0.4 is 9.64 Å². The first-order chi connectivity index (χ1) is 10.1. The number of ether oxygens (including phenoxy) is 1. The van der Waals surface area contributed by atoms with Crippen molar-refractivity contribution >= 4 is 18.2 Å². The summed E-state index contributed by atoms with van der Waals surface area (Å²) in [7, 11) is 1.50. The van der Waals surface area contributed by atoms with Crippen molar-refractivity contribution in [3.63, 3.8) is 0 Å². The second kappa shape index (κ2) is 6.47. The van der Waals surface area contributed by atoms with Crippen LogP contribution in [0.25, 0.3) is 0 Å². The van der Waals surface area contributed by atoms with Crippen molar-refractivity contribution in [3.8, 4) is 5.88 Å². The molecule has 2 aromatic heterocycles. The third-order valence-electron chi connectivity index (χ3n) is 2.76. The van der Waals surface area contributed by atoms with Crippen molar-refractivity contribution in [3.05, 3.63) is 47.8 Å². The highest BCUT2D eigenvalue weighted by molar-refractivity contribution is 5.85. The summed E-state index contributed by atoms with van der Waals surface area (Å²) in [4.78, 5) is 31.0. The predicted molar refractivity (Wildman–Crippen MR) is 74.6 cm³/mol. The number of hydrogen-bond donors (Lipinski definition) is 1. The van der Waals surface area contributed by atoms with Gasteiger partial charge in [-0.1, -0.05) is 6.07 Å². The van der Waals surface area contributed by atoms with E-state index >= 15 is 0 Å². The molecule has 0 aliphatic heterocycles. The minimum Gasteiger partial charge on any atom is -0.481 e. The second-order valence-corrected chi connectivity index (χ2v) is 4.15. The molecule has 0 saturated heterocycles. The van der Waals surface area contributed by atoms with Crippen LogP contribution in [0, 0.1) is 0 Å². The molecule has 0 radical (unpaired) electrons. The Morgan fingerprint density at radius 1 is 1.29 bits per heavy atom. The Balaban J connectivity index is 2.21. The molecular formula is C14H13N3O4. The van der Waals surface area contributed by atoms with Gasteiger partial charge in [-0.15, -0.1) is 0 Å². The Hall–Kier alpha value is -2.96. The van der Waals surface area contributed by atoms with Crippen LogP contribution in [0.3, 0.4) is 0 Å². The number of amides is 1. The largest absolute Gasteiger partial charge is 0.481 e. The lowest BCUT2D eigenvalue weighted by atomic mass is 10.2. The Morgan fingerprint density at radius 3 is 2.57 bits per heavy atom. The molecule has 2 heterocycles. The highest BCUT2D eigenvalue weighted by Gasteiger charge is 2.16. The standard InChI is InChI=1S/C14H13N3O4/c1-21-13-5-3-10(6-16-13)8-17(14(19)20)12-4-2-11(9-18)7-15-12/h2-7,9H,8H2,1H3,(H,19,20). The summed E-state index contributed by atoms with van der Waals surface area (Å²) < 4.78 is 4.95. The Bertz CT molecular complexity index is 626. The van der Waals surface area contributed by atoms with E-state index in [-0.39, 0.29) is 12.4 Å². The average Bonchev–Trinajstić information content (AvgIpc) is 2.53. The van der Waals surface area contributed by atoms with E-state index in [1.165, 1.54) is 31.6 Å². The number of carboxylic acid groups (broad SMARTS) is 1. The van der Waals surface area contributed by atoms with Gasteiger partial charge in [-0.05, 0) is 17.7 Å². The molecule has 7 nitrogen and oxygen atoms in total. The smallest absolute Gasteiger partial charge is 0.413 e. The summed E-state index contributed by atoms with van der Waals surface area (Å²) in [5, 5.41) is 9.29. The first-order valence-corrected chi connectivity index (χ1v) is 6.04. The Morgan fingerprint density at radius 2 is 2.10 bits per heavy atom. The molecule has 2 rings (SSSR count). The molecule has 108 valence electrons. The lowest BCUT2D eigenvalue weighted by Crippen LogP contribution is -2.29. The monoisotopic (exact) mass is 287 g/mol.